The quantitative estimate of drug-likeness (QED) is 0.291. The molecule has 2 aromatic heterocycles. The summed E-state index contributed by atoms with van der Waals surface area (Å²) < 4.78 is 45.6. The Balaban J connectivity index is 1.58. The van der Waals surface area contributed by atoms with Gasteiger partial charge in [-0.05, 0) is 36.6 Å². The number of hydrogen-bond donors (Lipinski definition) is 0. The predicted octanol–water partition coefficient (Wildman–Crippen LogP) is 5.61. The minimum atomic E-state index is -4.42. The van der Waals surface area contributed by atoms with Crippen LogP contribution in [0.25, 0.3) is 11.1 Å². The second-order valence-corrected chi connectivity index (χ2v) is 12.3. The summed E-state index contributed by atoms with van der Waals surface area (Å²) in [6, 6.07) is 12.1. The van der Waals surface area contributed by atoms with Crippen molar-refractivity contribution < 1.29 is 17.7 Å². The fourth-order valence-corrected chi connectivity index (χ4v) is 7.85. The number of hydrogen-bond acceptors (Lipinski definition) is 5. The highest BCUT2D eigenvalue weighted by Crippen LogP contribution is 2.46. The number of thiazole rings is 2. The van der Waals surface area contributed by atoms with Crippen LogP contribution in [0.1, 0.15) is 48.4 Å². The van der Waals surface area contributed by atoms with Gasteiger partial charge in [0.05, 0.1) is 22.7 Å². The lowest BCUT2D eigenvalue weighted by Gasteiger charge is -2.13. The van der Waals surface area contributed by atoms with E-state index in [9.17, 15) is 18.0 Å². The van der Waals surface area contributed by atoms with Crippen LogP contribution in [0.3, 0.4) is 0 Å². The van der Waals surface area contributed by atoms with Crippen LogP contribution in [0, 0.1) is 0 Å². The second-order valence-electron chi connectivity index (χ2n) is 9.34. The molecular weight excluding hydrogens is 548 g/mol. The highest BCUT2D eigenvalue weighted by Gasteiger charge is 2.34. The number of aromatic nitrogens is 2. The van der Waals surface area contributed by atoms with E-state index >= 15 is 0 Å². The van der Waals surface area contributed by atoms with Gasteiger partial charge in [0.25, 0.3) is 10.6 Å². The molecule has 5 rings (SSSR count). The minimum Gasteiger partial charge on any atom is -0.337 e. The third-order valence-corrected chi connectivity index (χ3v) is 9.89. The smallest absolute Gasteiger partial charge is 0.337 e. The van der Waals surface area contributed by atoms with Crippen LogP contribution in [-0.2, 0) is 19.3 Å². The van der Waals surface area contributed by atoms with Gasteiger partial charge < -0.3 is 4.90 Å². The maximum atomic E-state index is 13.6. The van der Waals surface area contributed by atoms with Crippen molar-refractivity contribution in [2.75, 3.05) is 11.9 Å². The van der Waals surface area contributed by atoms with Crippen molar-refractivity contribution in [3.05, 3.63) is 95.3 Å². The molecule has 198 valence electrons. The summed E-state index contributed by atoms with van der Waals surface area (Å²) >= 11 is 4.46. The molecule has 0 spiro atoms. The molecule has 0 unspecified atom stereocenters. The zero-order chi connectivity index (χ0) is 27.2. The van der Waals surface area contributed by atoms with Gasteiger partial charge >= 0.3 is 6.18 Å². The topological polar surface area (TPSA) is 29.1 Å². The fraction of sp³-hybridized carbons (Fsp3) is 0.286. The molecule has 10 heteroatoms. The number of thioether (sulfide) groups is 1. The van der Waals surface area contributed by atoms with Gasteiger partial charge in [-0.25, -0.2) is 0 Å². The van der Waals surface area contributed by atoms with Crippen LogP contribution in [0.2, 0.25) is 0 Å². The van der Waals surface area contributed by atoms with Crippen molar-refractivity contribution in [3.8, 4) is 0 Å². The lowest BCUT2D eigenvalue weighted by atomic mass is 10.0. The summed E-state index contributed by atoms with van der Waals surface area (Å²) in [5, 5.41) is 3.53. The molecule has 0 saturated heterocycles. The van der Waals surface area contributed by atoms with E-state index in [0.29, 0.717) is 17.0 Å². The van der Waals surface area contributed by atoms with Crippen molar-refractivity contribution in [1.29, 1.82) is 0 Å². The number of alkyl halides is 3. The minimum absolute atomic E-state index is 0.0551. The molecule has 0 fully saturated rings. The third kappa shape index (κ3) is 4.97. The first-order chi connectivity index (χ1) is 18.1. The Kier molecular flexibility index (Phi) is 7.32. The van der Waals surface area contributed by atoms with Crippen molar-refractivity contribution in [2.24, 2.45) is 0 Å². The average molecular weight is 575 g/mol. The van der Waals surface area contributed by atoms with Gasteiger partial charge in [0.15, 0.2) is 12.7 Å². The van der Waals surface area contributed by atoms with E-state index in [1.54, 1.807) is 33.2 Å². The number of benzene rings is 2. The molecule has 3 heterocycles. The molecule has 0 radical (unpaired) electrons. The van der Waals surface area contributed by atoms with E-state index in [1.807, 2.05) is 25.4 Å². The summed E-state index contributed by atoms with van der Waals surface area (Å²) in [6.07, 6.45) is -0.729. The molecule has 4 nitrogen and oxygen atoms in total. The zero-order valence-corrected chi connectivity index (χ0v) is 23.8. The van der Waals surface area contributed by atoms with E-state index in [2.05, 4.69) is 36.9 Å². The molecule has 2 aromatic carbocycles. The maximum absolute atomic E-state index is 13.6. The SMILES string of the molecule is CCn1c(=O)/c(=C2\Sc3cc(C(C)C)ccc3N2C)s/c1=C\c1scc[n+]1Cc1ccccc1C(F)(F)F. The Morgan fingerprint density at radius 3 is 2.61 bits per heavy atom. The van der Waals surface area contributed by atoms with Crippen molar-refractivity contribution in [1.82, 2.24) is 4.57 Å². The molecule has 0 amide bonds. The van der Waals surface area contributed by atoms with E-state index in [-0.39, 0.29) is 17.7 Å². The van der Waals surface area contributed by atoms with Crippen LogP contribution in [0.5, 0.6) is 0 Å². The molecule has 38 heavy (non-hydrogen) atoms. The van der Waals surface area contributed by atoms with Gasteiger partial charge in [-0.3, -0.25) is 9.36 Å². The monoisotopic (exact) mass is 574 g/mol. The molecule has 0 aliphatic carbocycles. The first kappa shape index (κ1) is 26.8. The van der Waals surface area contributed by atoms with E-state index in [1.165, 1.54) is 40.4 Å². The Morgan fingerprint density at radius 2 is 1.89 bits per heavy atom. The summed E-state index contributed by atoms with van der Waals surface area (Å²) in [5.41, 5.74) is 1.85. The molecule has 0 bridgehead atoms. The molecule has 0 atom stereocenters. The van der Waals surface area contributed by atoms with Crippen LogP contribution in [0.15, 0.2) is 63.7 Å². The highest BCUT2D eigenvalue weighted by atomic mass is 32.2. The number of nitrogens with zero attached hydrogens (tertiary/aromatic N) is 3. The van der Waals surface area contributed by atoms with Crippen LogP contribution in [-0.4, -0.2) is 11.6 Å². The van der Waals surface area contributed by atoms with Crippen LogP contribution >= 0.6 is 34.4 Å². The Hall–Kier alpha value is -2.82. The molecule has 1 aliphatic heterocycles. The first-order valence-electron chi connectivity index (χ1n) is 12.2. The van der Waals surface area contributed by atoms with Crippen molar-refractivity contribution >= 4 is 51.2 Å². The van der Waals surface area contributed by atoms with Crippen LogP contribution in [0.4, 0.5) is 18.9 Å². The number of halogens is 3. The molecule has 0 N–H and O–H groups in total. The van der Waals surface area contributed by atoms with Gasteiger partial charge in [0.2, 0.25) is 0 Å². The Morgan fingerprint density at radius 1 is 1.13 bits per heavy atom. The van der Waals surface area contributed by atoms with Gasteiger partial charge in [-0.1, -0.05) is 61.2 Å². The predicted molar refractivity (Wildman–Crippen MR) is 150 cm³/mol. The molecule has 1 aliphatic rings. The molecule has 0 saturated carbocycles. The van der Waals surface area contributed by atoms with Crippen molar-refractivity contribution in [2.45, 2.75) is 50.9 Å². The summed E-state index contributed by atoms with van der Waals surface area (Å²) in [5.74, 6) is 0.413. The van der Waals surface area contributed by atoms with E-state index < -0.39 is 11.7 Å². The Bertz CT molecular complexity index is 1680. The summed E-state index contributed by atoms with van der Waals surface area (Å²) in [4.78, 5) is 16.7. The lowest BCUT2D eigenvalue weighted by molar-refractivity contribution is -0.685. The maximum Gasteiger partial charge on any atom is 0.416 e. The summed E-state index contributed by atoms with van der Waals surface area (Å²) in [6.45, 7) is 6.83. The van der Waals surface area contributed by atoms with Gasteiger partial charge in [0, 0.05) is 24.1 Å². The standard InChI is InChI=1S/C28H27F3N3OS3/c1-5-34-24(15-23-33(12-13-36-23)16-19-8-6-7-9-20(19)28(29,30)31)38-25(26(34)35)27-32(4)21-11-10-18(17(2)3)14-22(21)37-27/h6-15,17H,5,16H2,1-4H3/q+1/b27-25+. The van der Waals surface area contributed by atoms with Crippen molar-refractivity contribution in [3.63, 3.8) is 0 Å². The molecular formula is C28H27F3N3OS3+. The van der Waals surface area contributed by atoms with Crippen LogP contribution < -0.4 is 24.2 Å². The zero-order valence-electron chi connectivity index (χ0n) is 21.4. The lowest BCUT2D eigenvalue weighted by Crippen LogP contribution is -2.37. The summed E-state index contributed by atoms with van der Waals surface area (Å²) in [7, 11) is 1.98. The normalized spacial score (nSPS) is 15.6. The fourth-order valence-electron chi connectivity index (χ4n) is 4.48. The van der Waals surface area contributed by atoms with Gasteiger partial charge in [-0.2, -0.15) is 17.7 Å². The van der Waals surface area contributed by atoms with E-state index in [0.717, 1.165) is 31.3 Å². The average Bonchev–Trinajstić information content (AvgIpc) is 3.54. The second kappa shape index (κ2) is 10.4. The van der Waals surface area contributed by atoms with E-state index in [4.69, 9.17) is 0 Å². The molecule has 4 aromatic rings. The highest BCUT2D eigenvalue weighted by molar-refractivity contribution is 8.08. The Labute approximate surface area is 231 Å². The number of rotatable bonds is 5. The number of fused-ring (bicyclic) bond motifs is 1. The van der Waals surface area contributed by atoms with Gasteiger partial charge in [0.1, 0.15) is 14.2 Å². The number of anilines is 1. The third-order valence-electron chi connectivity index (χ3n) is 6.57. The first-order valence-corrected chi connectivity index (χ1v) is 14.7. The largest absolute Gasteiger partial charge is 0.416 e. The van der Waals surface area contributed by atoms with Gasteiger partial charge in [-0.15, -0.1) is 11.3 Å².